The molecule has 132 valence electrons. The molecule has 2 aromatic rings. The molecule has 0 saturated carbocycles. The molecule has 1 aromatic heterocycles. The van der Waals surface area contributed by atoms with Crippen LogP contribution in [-0.2, 0) is 0 Å². The second-order valence-electron chi connectivity index (χ2n) is 6.18. The first kappa shape index (κ1) is 19.1. The number of anilines is 1. The lowest BCUT2D eigenvalue weighted by atomic mass is 10.1. The first-order valence-electron chi connectivity index (χ1n) is 8.70. The van der Waals surface area contributed by atoms with Crippen molar-refractivity contribution in [1.29, 1.82) is 0 Å². The van der Waals surface area contributed by atoms with Crippen molar-refractivity contribution in [2.75, 3.05) is 12.4 Å². The summed E-state index contributed by atoms with van der Waals surface area (Å²) >= 11 is 1.64. The minimum absolute atomic E-state index is 0.426. The van der Waals surface area contributed by atoms with Crippen molar-refractivity contribution in [2.24, 2.45) is 4.99 Å². The Morgan fingerprint density at radius 1 is 1.32 bits per heavy atom. The molecule has 1 heterocycles. The van der Waals surface area contributed by atoms with E-state index in [1.54, 1.807) is 11.3 Å². The summed E-state index contributed by atoms with van der Waals surface area (Å²) in [5.41, 5.74) is 5.36. The Morgan fingerprint density at radius 2 is 2.04 bits per heavy atom. The normalized spacial score (nSPS) is 12.5. The van der Waals surface area contributed by atoms with Crippen LogP contribution in [0.25, 0.3) is 16.8 Å². The average molecular weight is 354 g/mol. The van der Waals surface area contributed by atoms with E-state index in [0.717, 1.165) is 46.1 Å². The van der Waals surface area contributed by atoms with Gasteiger partial charge in [0.1, 0.15) is 5.01 Å². The SMILES string of the molecule is C=C/C(=C\C(CCC)=NC)c1nc(-c2ccc(NC(C)C)cc2)cs1. The van der Waals surface area contributed by atoms with Gasteiger partial charge in [0.25, 0.3) is 0 Å². The molecule has 25 heavy (non-hydrogen) atoms. The molecule has 0 spiro atoms. The van der Waals surface area contributed by atoms with Gasteiger partial charge in [-0.3, -0.25) is 4.99 Å². The highest BCUT2D eigenvalue weighted by molar-refractivity contribution is 7.11. The highest BCUT2D eigenvalue weighted by Gasteiger charge is 2.08. The second kappa shape index (κ2) is 9.33. The molecule has 0 atom stereocenters. The summed E-state index contributed by atoms with van der Waals surface area (Å²) in [4.78, 5) is 9.14. The van der Waals surface area contributed by atoms with E-state index in [-0.39, 0.29) is 0 Å². The van der Waals surface area contributed by atoms with Crippen molar-refractivity contribution in [1.82, 2.24) is 4.98 Å². The van der Waals surface area contributed by atoms with Crippen LogP contribution in [0, 0.1) is 0 Å². The fraction of sp³-hybridized carbons (Fsp3) is 0.333. The molecule has 0 aliphatic heterocycles. The topological polar surface area (TPSA) is 37.3 Å². The molecule has 0 saturated heterocycles. The molecule has 0 aliphatic rings. The lowest BCUT2D eigenvalue weighted by molar-refractivity contribution is 0.900. The van der Waals surface area contributed by atoms with Gasteiger partial charge in [-0.15, -0.1) is 11.3 Å². The Labute approximate surface area is 155 Å². The Kier molecular flexibility index (Phi) is 7.14. The van der Waals surface area contributed by atoms with Crippen molar-refractivity contribution in [3.05, 3.63) is 53.4 Å². The maximum absolute atomic E-state index is 4.79. The third-order valence-electron chi connectivity index (χ3n) is 3.72. The molecule has 1 aromatic carbocycles. The third-order valence-corrected chi connectivity index (χ3v) is 4.61. The van der Waals surface area contributed by atoms with Crippen LogP contribution < -0.4 is 5.32 Å². The number of nitrogens with zero attached hydrogens (tertiary/aromatic N) is 2. The molecule has 2 rings (SSSR count). The van der Waals surface area contributed by atoms with Gasteiger partial charge in [-0.05, 0) is 38.5 Å². The number of aromatic nitrogens is 1. The van der Waals surface area contributed by atoms with E-state index >= 15 is 0 Å². The molecular formula is C21H27N3S. The Bertz CT molecular complexity index is 752. The van der Waals surface area contributed by atoms with E-state index in [1.807, 2.05) is 13.1 Å². The van der Waals surface area contributed by atoms with Crippen LogP contribution in [0.5, 0.6) is 0 Å². The van der Waals surface area contributed by atoms with Gasteiger partial charge in [-0.1, -0.05) is 38.1 Å². The monoisotopic (exact) mass is 353 g/mol. The smallest absolute Gasteiger partial charge is 0.124 e. The zero-order chi connectivity index (χ0) is 18.2. The molecule has 0 fully saturated rings. The van der Waals surface area contributed by atoms with E-state index < -0.39 is 0 Å². The molecule has 0 bridgehead atoms. The van der Waals surface area contributed by atoms with Gasteiger partial charge in [0, 0.05) is 41.0 Å². The van der Waals surface area contributed by atoms with Crippen molar-refractivity contribution in [3.8, 4) is 11.3 Å². The first-order chi connectivity index (χ1) is 12.1. The standard InChI is InChI=1S/C21H27N3S/c1-6-8-19(22-5)13-16(7-2)21-24-20(14-25-21)17-9-11-18(12-10-17)23-15(3)4/h7,9-15,23H,2,6,8H2,1,3-5H3/b16-13+,22-19?. The minimum Gasteiger partial charge on any atom is -0.383 e. The minimum atomic E-state index is 0.426. The Hall–Kier alpha value is -2.20. The van der Waals surface area contributed by atoms with Gasteiger partial charge >= 0.3 is 0 Å². The molecule has 0 amide bonds. The number of rotatable bonds is 8. The van der Waals surface area contributed by atoms with Gasteiger partial charge < -0.3 is 5.32 Å². The van der Waals surface area contributed by atoms with Crippen LogP contribution in [0.1, 0.15) is 38.6 Å². The lowest BCUT2D eigenvalue weighted by Gasteiger charge is -2.09. The number of benzene rings is 1. The third kappa shape index (κ3) is 5.40. The van der Waals surface area contributed by atoms with Crippen LogP contribution in [0.2, 0.25) is 0 Å². The molecule has 0 aliphatic carbocycles. The summed E-state index contributed by atoms with van der Waals surface area (Å²) < 4.78 is 0. The predicted molar refractivity (Wildman–Crippen MR) is 113 cm³/mol. The number of thiazole rings is 1. The number of hydrogen-bond acceptors (Lipinski definition) is 4. The molecule has 0 unspecified atom stereocenters. The fourth-order valence-corrected chi connectivity index (χ4v) is 3.34. The summed E-state index contributed by atoms with van der Waals surface area (Å²) in [5.74, 6) is 0. The van der Waals surface area contributed by atoms with Gasteiger partial charge in [0.2, 0.25) is 0 Å². The zero-order valence-corrected chi connectivity index (χ0v) is 16.4. The number of aliphatic imine (C=N–C) groups is 1. The summed E-state index contributed by atoms with van der Waals surface area (Å²) in [7, 11) is 1.84. The summed E-state index contributed by atoms with van der Waals surface area (Å²) in [6, 6.07) is 8.84. The molecule has 0 radical (unpaired) electrons. The van der Waals surface area contributed by atoms with Gasteiger partial charge in [0.05, 0.1) is 5.69 Å². The fourth-order valence-electron chi connectivity index (χ4n) is 2.50. The van der Waals surface area contributed by atoms with Crippen molar-refractivity contribution in [2.45, 2.75) is 39.7 Å². The van der Waals surface area contributed by atoms with Crippen LogP contribution in [0.4, 0.5) is 5.69 Å². The highest BCUT2D eigenvalue weighted by atomic mass is 32.1. The second-order valence-corrected chi connectivity index (χ2v) is 7.04. The van der Waals surface area contributed by atoms with Gasteiger partial charge in [-0.25, -0.2) is 4.98 Å². The Morgan fingerprint density at radius 3 is 2.60 bits per heavy atom. The van der Waals surface area contributed by atoms with E-state index in [1.165, 1.54) is 0 Å². The largest absolute Gasteiger partial charge is 0.383 e. The summed E-state index contributed by atoms with van der Waals surface area (Å²) in [6.45, 7) is 10.4. The predicted octanol–water partition coefficient (Wildman–Crippen LogP) is 6.07. The van der Waals surface area contributed by atoms with E-state index in [0.29, 0.717) is 6.04 Å². The van der Waals surface area contributed by atoms with Crippen LogP contribution in [-0.4, -0.2) is 23.8 Å². The van der Waals surface area contributed by atoms with Crippen LogP contribution in [0.3, 0.4) is 0 Å². The van der Waals surface area contributed by atoms with Crippen molar-refractivity contribution in [3.63, 3.8) is 0 Å². The summed E-state index contributed by atoms with van der Waals surface area (Å²) in [6.07, 6.45) is 6.00. The molecule has 1 N–H and O–H groups in total. The van der Waals surface area contributed by atoms with Crippen molar-refractivity contribution >= 4 is 28.3 Å². The maximum atomic E-state index is 4.79. The lowest BCUT2D eigenvalue weighted by Crippen LogP contribution is -2.09. The number of hydrogen-bond donors (Lipinski definition) is 1. The van der Waals surface area contributed by atoms with E-state index in [4.69, 9.17) is 4.98 Å². The number of nitrogens with one attached hydrogen (secondary N) is 1. The average Bonchev–Trinajstić information content (AvgIpc) is 3.08. The first-order valence-corrected chi connectivity index (χ1v) is 9.58. The quantitative estimate of drug-likeness (QED) is 0.462. The zero-order valence-electron chi connectivity index (χ0n) is 15.5. The van der Waals surface area contributed by atoms with Crippen LogP contribution >= 0.6 is 11.3 Å². The molecular weight excluding hydrogens is 326 g/mol. The Balaban J connectivity index is 2.23. The van der Waals surface area contributed by atoms with E-state index in [9.17, 15) is 0 Å². The maximum Gasteiger partial charge on any atom is 0.124 e. The molecule has 4 heteroatoms. The van der Waals surface area contributed by atoms with Crippen LogP contribution in [0.15, 0.2) is 53.4 Å². The van der Waals surface area contributed by atoms with Crippen molar-refractivity contribution < 1.29 is 0 Å². The number of allylic oxidation sites excluding steroid dienone is 3. The summed E-state index contributed by atoms with van der Waals surface area (Å²) in [5, 5.41) is 6.48. The molecule has 3 nitrogen and oxygen atoms in total. The van der Waals surface area contributed by atoms with Gasteiger partial charge in [-0.2, -0.15) is 0 Å². The van der Waals surface area contributed by atoms with Gasteiger partial charge in [0.15, 0.2) is 0 Å². The highest BCUT2D eigenvalue weighted by Crippen LogP contribution is 2.28. The van der Waals surface area contributed by atoms with E-state index in [2.05, 4.69) is 73.4 Å².